The molecule has 0 atom stereocenters. The smallest absolute Gasteiger partial charge is 0.267 e. The number of hydrogen-bond donors (Lipinski definition) is 1. The highest BCUT2D eigenvalue weighted by molar-refractivity contribution is 5.94. The van der Waals surface area contributed by atoms with E-state index in [1.807, 2.05) is 12.1 Å². The largest absolute Gasteiger partial charge is 0.271 e. The highest BCUT2D eigenvalue weighted by Crippen LogP contribution is 2.03. The number of benzene rings is 2. The standard InChI is InChI=1S/C16H10N4O/c17-9-12-1-3-14(4-2-12)11-19-20-16(21)15-7-5-13(10-18)6-8-15/h1-8,11H,(H,20,21)/b19-11+. The van der Waals surface area contributed by atoms with Crippen molar-refractivity contribution in [2.24, 2.45) is 5.10 Å². The lowest BCUT2D eigenvalue weighted by Gasteiger charge is -1.99. The Morgan fingerprint density at radius 2 is 1.48 bits per heavy atom. The summed E-state index contributed by atoms with van der Waals surface area (Å²) < 4.78 is 0. The van der Waals surface area contributed by atoms with Crippen molar-refractivity contribution in [3.8, 4) is 12.1 Å². The summed E-state index contributed by atoms with van der Waals surface area (Å²) in [5, 5.41) is 21.2. The lowest BCUT2D eigenvalue weighted by atomic mass is 10.1. The van der Waals surface area contributed by atoms with Crippen molar-refractivity contribution in [2.75, 3.05) is 0 Å². The molecule has 1 N–H and O–H groups in total. The summed E-state index contributed by atoms with van der Waals surface area (Å²) in [4.78, 5) is 11.8. The number of nitrogens with one attached hydrogen (secondary N) is 1. The van der Waals surface area contributed by atoms with Crippen molar-refractivity contribution in [3.05, 3.63) is 70.8 Å². The summed E-state index contributed by atoms with van der Waals surface area (Å²) in [6.45, 7) is 0. The number of carbonyl (C=O) groups excluding carboxylic acids is 1. The third kappa shape index (κ3) is 3.76. The molecule has 0 fully saturated rings. The zero-order valence-electron chi connectivity index (χ0n) is 10.9. The second kappa shape index (κ2) is 6.65. The number of rotatable bonds is 3. The Morgan fingerprint density at radius 3 is 2.00 bits per heavy atom. The Hall–Kier alpha value is -3.44. The molecule has 0 aromatic heterocycles. The molecule has 100 valence electrons. The predicted octanol–water partition coefficient (Wildman–Crippen LogP) is 2.19. The molecule has 0 aliphatic heterocycles. The number of nitrogens with zero attached hydrogens (tertiary/aromatic N) is 3. The van der Waals surface area contributed by atoms with Crippen LogP contribution in [0.3, 0.4) is 0 Å². The SMILES string of the molecule is N#Cc1ccc(/C=N/NC(=O)c2ccc(C#N)cc2)cc1. The van der Waals surface area contributed by atoms with E-state index in [1.54, 1.807) is 48.5 Å². The molecule has 2 rings (SSSR count). The van der Waals surface area contributed by atoms with Gasteiger partial charge in [-0.05, 0) is 42.0 Å². The van der Waals surface area contributed by atoms with Gasteiger partial charge in [0, 0.05) is 5.56 Å². The van der Waals surface area contributed by atoms with Crippen LogP contribution in [-0.4, -0.2) is 12.1 Å². The Morgan fingerprint density at radius 1 is 0.952 bits per heavy atom. The monoisotopic (exact) mass is 274 g/mol. The van der Waals surface area contributed by atoms with E-state index in [1.165, 1.54) is 6.21 Å². The average Bonchev–Trinajstić information content (AvgIpc) is 2.55. The molecular formula is C16H10N4O. The van der Waals surface area contributed by atoms with Crippen LogP contribution in [-0.2, 0) is 0 Å². The van der Waals surface area contributed by atoms with Gasteiger partial charge in [0.2, 0.25) is 0 Å². The van der Waals surface area contributed by atoms with E-state index in [2.05, 4.69) is 10.5 Å². The van der Waals surface area contributed by atoms with Gasteiger partial charge in [0.1, 0.15) is 0 Å². The van der Waals surface area contributed by atoms with Gasteiger partial charge in [0.05, 0.1) is 29.5 Å². The molecule has 0 unspecified atom stereocenters. The van der Waals surface area contributed by atoms with Crippen LogP contribution in [0.15, 0.2) is 53.6 Å². The molecular weight excluding hydrogens is 264 g/mol. The van der Waals surface area contributed by atoms with E-state index in [-0.39, 0.29) is 5.91 Å². The number of amides is 1. The van der Waals surface area contributed by atoms with E-state index < -0.39 is 0 Å². The molecule has 0 heterocycles. The maximum atomic E-state index is 11.8. The van der Waals surface area contributed by atoms with E-state index in [0.717, 1.165) is 5.56 Å². The maximum absolute atomic E-state index is 11.8. The maximum Gasteiger partial charge on any atom is 0.271 e. The van der Waals surface area contributed by atoms with Crippen molar-refractivity contribution < 1.29 is 4.79 Å². The van der Waals surface area contributed by atoms with Crippen molar-refractivity contribution in [1.82, 2.24) is 5.43 Å². The molecule has 5 heteroatoms. The zero-order chi connectivity index (χ0) is 15.1. The first-order chi connectivity index (χ1) is 10.2. The molecule has 0 bridgehead atoms. The summed E-state index contributed by atoms with van der Waals surface area (Å²) in [7, 11) is 0. The molecule has 1 amide bonds. The van der Waals surface area contributed by atoms with Gasteiger partial charge >= 0.3 is 0 Å². The van der Waals surface area contributed by atoms with Gasteiger partial charge in [-0.2, -0.15) is 15.6 Å². The molecule has 21 heavy (non-hydrogen) atoms. The minimum absolute atomic E-state index is 0.357. The lowest BCUT2D eigenvalue weighted by Crippen LogP contribution is -2.17. The zero-order valence-corrected chi connectivity index (χ0v) is 10.9. The van der Waals surface area contributed by atoms with Gasteiger partial charge in [0.15, 0.2) is 0 Å². The second-order valence-electron chi connectivity index (χ2n) is 4.12. The topological polar surface area (TPSA) is 89.0 Å². The lowest BCUT2D eigenvalue weighted by molar-refractivity contribution is 0.0955. The predicted molar refractivity (Wildman–Crippen MR) is 77.4 cm³/mol. The molecule has 0 saturated carbocycles. The molecule has 2 aromatic rings. The van der Waals surface area contributed by atoms with E-state index in [9.17, 15) is 4.79 Å². The first kappa shape index (κ1) is 14.0. The van der Waals surface area contributed by atoms with Crippen LogP contribution in [0.25, 0.3) is 0 Å². The Bertz CT molecular complexity index is 747. The van der Waals surface area contributed by atoms with Gasteiger partial charge in [-0.25, -0.2) is 5.43 Å². The first-order valence-electron chi connectivity index (χ1n) is 6.06. The van der Waals surface area contributed by atoms with Crippen LogP contribution in [0.1, 0.15) is 27.0 Å². The molecule has 5 nitrogen and oxygen atoms in total. The fourth-order valence-electron chi connectivity index (χ4n) is 1.57. The van der Waals surface area contributed by atoms with Crippen molar-refractivity contribution in [1.29, 1.82) is 10.5 Å². The number of nitriles is 2. The first-order valence-corrected chi connectivity index (χ1v) is 6.06. The Labute approximate surface area is 121 Å². The summed E-state index contributed by atoms with van der Waals surface area (Å²) in [6, 6.07) is 17.1. The molecule has 0 aliphatic rings. The third-order valence-corrected chi connectivity index (χ3v) is 2.70. The van der Waals surface area contributed by atoms with Gasteiger partial charge in [-0.3, -0.25) is 4.79 Å². The quantitative estimate of drug-likeness (QED) is 0.687. The summed E-state index contributed by atoms with van der Waals surface area (Å²) in [5.41, 5.74) is 4.65. The molecule has 0 saturated heterocycles. The molecule has 0 radical (unpaired) electrons. The highest BCUT2D eigenvalue weighted by atomic mass is 16.2. The van der Waals surface area contributed by atoms with Crippen LogP contribution >= 0.6 is 0 Å². The average molecular weight is 274 g/mol. The van der Waals surface area contributed by atoms with E-state index >= 15 is 0 Å². The molecule has 0 spiro atoms. The van der Waals surface area contributed by atoms with Crippen molar-refractivity contribution in [2.45, 2.75) is 0 Å². The van der Waals surface area contributed by atoms with E-state index in [0.29, 0.717) is 16.7 Å². The second-order valence-corrected chi connectivity index (χ2v) is 4.12. The van der Waals surface area contributed by atoms with Gasteiger partial charge < -0.3 is 0 Å². The van der Waals surface area contributed by atoms with Crippen LogP contribution in [0, 0.1) is 22.7 Å². The van der Waals surface area contributed by atoms with Crippen molar-refractivity contribution in [3.63, 3.8) is 0 Å². The van der Waals surface area contributed by atoms with Gasteiger partial charge in [-0.1, -0.05) is 12.1 Å². The summed E-state index contributed by atoms with van der Waals surface area (Å²) in [6.07, 6.45) is 1.49. The van der Waals surface area contributed by atoms with Crippen LogP contribution in [0.2, 0.25) is 0 Å². The fourth-order valence-corrected chi connectivity index (χ4v) is 1.57. The van der Waals surface area contributed by atoms with Crippen LogP contribution < -0.4 is 5.43 Å². The van der Waals surface area contributed by atoms with Crippen LogP contribution in [0.4, 0.5) is 0 Å². The normalized spacial score (nSPS) is 9.81. The minimum atomic E-state index is -0.357. The number of hydrogen-bond acceptors (Lipinski definition) is 4. The van der Waals surface area contributed by atoms with Crippen LogP contribution in [0.5, 0.6) is 0 Å². The molecule has 2 aromatic carbocycles. The number of hydrazone groups is 1. The van der Waals surface area contributed by atoms with Gasteiger partial charge in [0.25, 0.3) is 5.91 Å². The van der Waals surface area contributed by atoms with E-state index in [4.69, 9.17) is 10.5 Å². The third-order valence-electron chi connectivity index (χ3n) is 2.70. The van der Waals surface area contributed by atoms with Gasteiger partial charge in [-0.15, -0.1) is 0 Å². The Kier molecular flexibility index (Phi) is 4.42. The Balaban J connectivity index is 1.98. The minimum Gasteiger partial charge on any atom is -0.267 e. The molecule has 0 aliphatic carbocycles. The summed E-state index contributed by atoms with van der Waals surface area (Å²) in [5.74, 6) is -0.357. The van der Waals surface area contributed by atoms with Crippen molar-refractivity contribution >= 4 is 12.1 Å². The summed E-state index contributed by atoms with van der Waals surface area (Å²) >= 11 is 0. The fraction of sp³-hybridized carbons (Fsp3) is 0. The number of carbonyl (C=O) groups is 1. The highest BCUT2D eigenvalue weighted by Gasteiger charge is 2.03.